The van der Waals surface area contributed by atoms with E-state index in [0.29, 0.717) is 59.1 Å². The summed E-state index contributed by atoms with van der Waals surface area (Å²) in [6.07, 6.45) is 1.64. The molecule has 2 aliphatic heterocycles. The highest BCUT2D eigenvalue weighted by molar-refractivity contribution is 5.89. The number of piperidine rings is 1. The number of aryl methyl sites for hydroxylation is 2. The molecular weight excluding hydrogens is 528 g/mol. The molecule has 8 heteroatoms. The number of rotatable bonds is 5. The van der Waals surface area contributed by atoms with Crippen LogP contribution < -0.4 is 11.0 Å². The lowest BCUT2D eigenvalue weighted by Crippen LogP contribution is -2.46. The van der Waals surface area contributed by atoms with Gasteiger partial charge in [-0.05, 0) is 48.6 Å². The maximum absolute atomic E-state index is 14.4. The fourth-order valence-electron chi connectivity index (χ4n) is 7.22. The van der Waals surface area contributed by atoms with E-state index in [1.807, 2.05) is 67.3 Å². The van der Waals surface area contributed by atoms with E-state index in [4.69, 9.17) is 9.40 Å². The fourth-order valence-corrected chi connectivity index (χ4v) is 7.22. The van der Waals surface area contributed by atoms with Crippen LogP contribution in [0.25, 0.3) is 33.4 Å². The molecule has 0 aliphatic carbocycles. The normalized spacial score (nSPS) is 18.7. The number of fused-ring (bicyclic) bond motifs is 6. The van der Waals surface area contributed by atoms with Gasteiger partial charge in [-0.25, -0.2) is 4.98 Å². The Morgan fingerprint density at radius 2 is 1.88 bits per heavy atom. The third kappa shape index (κ3) is 4.11. The minimum Gasteiger partial charge on any atom is -0.507 e. The molecule has 0 spiro atoms. The van der Waals surface area contributed by atoms with E-state index >= 15 is 0 Å². The van der Waals surface area contributed by atoms with Gasteiger partial charge in [-0.1, -0.05) is 39.0 Å². The molecule has 2 atom stereocenters. The van der Waals surface area contributed by atoms with Gasteiger partial charge in [0.15, 0.2) is 0 Å². The third-order valence-corrected chi connectivity index (χ3v) is 9.21. The first-order valence-electron chi connectivity index (χ1n) is 14.9. The van der Waals surface area contributed by atoms with Crippen molar-refractivity contribution >= 4 is 22.0 Å². The number of phenols is 1. The average Bonchev–Trinajstić information content (AvgIpc) is 3.30. The number of phenolic OH excluding ortho intramolecular Hbond substituents is 1. The number of pyridine rings is 1. The van der Waals surface area contributed by atoms with E-state index in [-0.39, 0.29) is 28.6 Å². The Morgan fingerprint density at radius 1 is 1.07 bits per heavy atom. The molecule has 2 aromatic carbocycles. The maximum atomic E-state index is 14.4. The van der Waals surface area contributed by atoms with Crippen molar-refractivity contribution in [3.05, 3.63) is 91.7 Å². The Kier molecular flexibility index (Phi) is 6.35. The smallest absolute Gasteiger partial charge is 0.250 e. The van der Waals surface area contributed by atoms with Crippen LogP contribution in [0.4, 0.5) is 0 Å². The number of hydrogen-bond acceptors (Lipinski definition) is 6. The van der Waals surface area contributed by atoms with Gasteiger partial charge in [0, 0.05) is 56.8 Å². The Labute approximate surface area is 243 Å². The SMILES string of the molecule is CCc1cc2c(=O)c(-c3nc4ccccc4n3C)c(C(C)C)oc2c(CN2C[C@H]3C[C@@H](C2)c2cccc(=O)n2C3)c1O. The summed E-state index contributed by atoms with van der Waals surface area (Å²) < 4.78 is 10.6. The fraction of sp³-hybridized carbons (Fsp3) is 0.382. The summed E-state index contributed by atoms with van der Waals surface area (Å²) in [6.45, 7) is 8.78. The second-order valence-electron chi connectivity index (χ2n) is 12.3. The topological polar surface area (TPSA) is 93.5 Å². The predicted molar refractivity (Wildman–Crippen MR) is 164 cm³/mol. The van der Waals surface area contributed by atoms with Gasteiger partial charge in [-0.2, -0.15) is 0 Å². The van der Waals surface area contributed by atoms with Crippen LogP contribution in [0.1, 0.15) is 61.6 Å². The molecular formula is C34H36N4O4. The number of imidazole rings is 1. The molecule has 0 radical (unpaired) electrons. The van der Waals surface area contributed by atoms with Gasteiger partial charge in [0.25, 0.3) is 5.56 Å². The van der Waals surface area contributed by atoms with Crippen LogP contribution >= 0.6 is 0 Å². The first kappa shape index (κ1) is 26.7. The maximum Gasteiger partial charge on any atom is 0.250 e. The summed E-state index contributed by atoms with van der Waals surface area (Å²) >= 11 is 0. The van der Waals surface area contributed by atoms with Crippen LogP contribution in [0.15, 0.2) is 62.5 Å². The molecule has 8 nitrogen and oxygen atoms in total. The number of likely N-dealkylation sites (tertiary alicyclic amines) is 1. The van der Waals surface area contributed by atoms with Crippen molar-refractivity contribution in [3.8, 4) is 17.1 Å². The van der Waals surface area contributed by atoms with E-state index in [1.165, 1.54) is 0 Å². The van der Waals surface area contributed by atoms with Crippen molar-refractivity contribution in [2.75, 3.05) is 13.1 Å². The standard InChI is InChI=1S/C34H36N4O4/c1-5-21-14-23-31(41)29(34-35-25-9-6-7-10-27(25)36(34)4)32(19(2)3)42-33(23)24(30(21)40)18-37-15-20-13-22(17-37)26-11-8-12-28(39)38(26)16-20/h6-12,14,19-20,22,40H,5,13,15-18H2,1-4H3/t20-,22+/m1/s1. The highest BCUT2D eigenvalue weighted by Gasteiger charge is 2.35. The van der Waals surface area contributed by atoms with Crippen LogP contribution in [0.5, 0.6) is 5.75 Å². The Balaban J connectivity index is 1.37. The summed E-state index contributed by atoms with van der Waals surface area (Å²) in [5.74, 6) is 1.87. The molecule has 0 unspecified atom stereocenters. The van der Waals surface area contributed by atoms with E-state index in [2.05, 4.69) is 11.0 Å². The molecule has 42 heavy (non-hydrogen) atoms. The largest absolute Gasteiger partial charge is 0.507 e. The summed E-state index contributed by atoms with van der Waals surface area (Å²) in [5.41, 5.74) is 5.11. The third-order valence-electron chi connectivity index (χ3n) is 9.21. The molecule has 2 bridgehead atoms. The molecule has 5 aromatic rings. The zero-order chi connectivity index (χ0) is 29.3. The molecule has 3 aromatic heterocycles. The Morgan fingerprint density at radius 3 is 2.64 bits per heavy atom. The van der Waals surface area contributed by atoms with Crippen molar-refractivity contribution in [2.24, 2.45) is 13.0 Å². The molecule has 0 saturated carbocycles. The quantitative estimate of drug-likeness (QED) is 0.302. The number of hydrogen-bond donors (Lipinski definition) is 1. The van der Waals surface area contributed by atoms with E-state index in [0.717, 1.165) is 41.8 Å². The lowest BCUT2D eigenvalue weighted by Gasteiger charge is -2.42. The minimum absolute atomic E-state index is 0.0642. The molecule has 1 fully saturated rings. The second-order valence-corrected chi connectivity index (χ2v) is 12.3. The first-order chi connectivity index (χ1) is 20.2. The van der Waals surface area contributed by atoms with Crippen molar-refractivity contribution in [1.29, 1.82) is 0 Å². The van der Waals surface area contributed by atoms with E-state index in [9.17, 15) is 14.7 Å². The van der Waals surface area contributed by atoms with Crippen LogP contribution in [-0.2, 0) is 26.6 Å². The van der Waals surface area contributed by atoms with Gasteiger partial charge < -0.3 is 18.7 Å². The summed E-state index contributed by atoms with van der Waals surface area (Å²) in [6, 6.07) is 15.2. The van der Waals surface area contributed by atoms with Crippen LogP contribution in [0.2, 0.25) is 0 Å². The van der Waals surface area contributed by atoms with Crippen LogP contribution in [0.3, 0.4) is 0 Å². The van der Waals surface area contributed by atoms with Crippen LogP contribution in [-0.4, -0.2) is 37.2 Å². The molecule has 5 heterocycles. The lowest BCUT2D eigenvalue weighted by molar-refractivity contribution is 0.113. The number of aromatic nitrogens is 3. The van der Waals surface area contributed by atoms with Gasteiger partial charge in [0.1, 0.15) is 28.5 Å². The number of nitrogens with zero attached hydrogens (tertiary/aromatic N) is 4. The summed E-state index contributed by atoms with van der Waals surface area (Å²) in [4.78, 5) is 34.1. The zero-order valence-electron chi connectivity index (χ0n) is 24.6. The molecule has 1 saturated heterocycles. The highest BCUT2D eigenvalue weighted by Crippen LogP contribution is 2.40. The van der Waals surface area contributed by atoms with Gasteiger partial charge in [-0.3, -0.25) is 14.5 Å². The van der Waals surface area contributed by atoms with Crippen molar-refractivity contribution in [1.82, 2.24) is 19.0 Å². The highest BCUT2D eigenvalue weighted by atomic mass is 16.3. The Bertz CT molecular complexity index is 1980. The monoisotopic (exact) mass is 564 g/mol. The van der Waals surface area contributed by atoms with Crippen LogP contribution in [0, 0.1) is 5.92 Å². The van der Waals surface area contributed by atoms with Gasteiger partial charge in [0.05, 0.1) is 22.0 Å². The van der Waals surface area contributed by atoms with Crippen molar-refractivity contribution < 1.29 is 9.52 Å². The molecule has 2 aliphatic rings. The summed E-state index contributed by atoms with van der Waals surface area (Å²) in [5, 5.41) is 12.0. The molecule has 7 rings (SSSR count). The van der Waals surface area contributed by atoms with Gasteiger partial charge in [0.2, 0.25) is 5.43 Å². The first-order valence-corrected chi connectivity index (χ1v) is 14.9. The zero-order valence-corrected chi connectivity index (χ0v) is 24.6. The number of para-hydroxylation sites is 2. The second kappa shape index (κ2) is 9.98. The van der Waals surface area contributed by atoms with Gasteiger partial charge in [-0.15, -0.1) is 0 Å². The van der Waals surface area contributed by atoms with Crippen molar-refractivity contribution in [2.45, 2.75) is 58.5 Å². The lowest BCUT2D eigenvalue weighted by atomic mass is 9.83. The molecule has 1 N–H and O–H groups in total. The summed E-state index contributed by atoms with van der Waals surface area (Å²) in [7, 11) is 1.93. The van der Waals surface area contributed by atoms with Gasteiger partial charge >= 0.3 is 0 Å². The van der Waals surface area contributed by atoms with E-state index < -0.39 is 0 Å². The average molecular weight is 565 g/mol. The minimum atomic E-state index is -0.127. The molecule has 216 valence electrons. The molecule has 0 amide bonds. The van der Waals surface area contributed by atoms with Crippen molar-refractivity contribution in [3.63, 3.8) is 0 Å². The number of benzene rings is 2. The predicted octanol–water partition coefficient (Wildman–Crippen LogP) is 5.52. The number of aromatic hydroxyl groups is 1. The van der Waals surface area contributed by atoms with E-state index in [1.54, 1.807) is 12.1 Å². The Hall–Kier alpha value is -4.17.